The zero-order chi connectivity index (χ0) is 15.5. The lowest BCUT2D eigenvalue weighted by molar-refractivity contribution is 0.240. The molecule has 0 fully saturated rings. The molecule has 0 bridgehead atoms. The monoisotopic (exact) mass is 306 g/mol. The van der Waals surface area contributed by atoms with Gasteiger partial charge in [-0.2, -0.15) is 0 Å². The molecule has 0 radical (unpaired) electrons. The largest absolute Gasteiger partial charge is 0.491 e. The fourth-order valence-electron chi connectivity index (χ4n) is 1.80. The van der Waals surface area contributed by atoms with Crippen molar-refractivity contribution >= 4 is 9.84 Å². The second-order valence-corrected chi connectivity index (χ2v) is 6.96. The number of hydrogen-bond acceptors (Lipinski definition) is 5. The summed E-state index contributed by atoms with van der Waals surface area (Å²) < 4.78 is 30.4. The van der Waals surface area contributed by atoms with E-state index in [4.69, 9.17) is 4.74 Å². The van der Waals surface area contributed by atoms with Gasteiger partial charge >= 0.3 is 0 Å². The molecule has 1 aromatic heterocycles. The first-order chi connectivity index (χ1) is 9.88. The summed E-state index contributed by atoms with van der Waals surface area (Å²) in [6.07, 6.45) is 2.97. The van der Waals surface area contributed by atoms with E-state index in [0.29, 0.717) is 11.3 Å². The molecule has 0 saturated carbocycles. The summed E-state index contributed by atoms with van der Waals surface area (Å²) in [5.41, 5.74) is 1.42. The second kappa shape index (κ2) is 6.22. The highest BCUT2D eigenvalue weighted by molar-refractivity contribution is 7.90. The summed E-state index contributed by atoms with van der Waals surface area (Å²) in [7, 11) is -3.59. The van der Waals surface area contributed by atoms with E-state index >= 15 is 0 Å². The Morgan fingerprint density at radius 3 is 2.38 bits per heavy atom. The van der Waals surface area contributed by atoms with Crippen LogP contribution < -0.4 is 4.74 Å². The Hall–Kier alpha value is -1.95. The second-order valence-electron chi connectivity index (χ2n) is 5.08. The lowest BCUT2D eigenvalue weighted by Crippen LogP contribution is -2.12. The van der Waals surface area contributed by atoms with Gasteiger partial charge in [-0.1, -0.05) is 18.2 Å². The third-order valence-corrected chi connectivity index (χ3v) is 4.17. The number of ether oxygens (including phenoxy) is 1. The van der Waals surface area contributed by atoms with Crippen LogP contribution in [0, 0.1) is 6.92 Å². The molecule has 1 aromatic carbocycles. The molecule has 0 saturated heterocycles. The van der Waals surface area contributed by atoms with E-state index in [9.17, 15) is 8.42 Å². The fraction of sp³-hybridized carbons (Fsp3) is 0.333. The van der Waals surface area contributed by atoms with Crippen LogP contribution in [0.4, 0.5) is 0 Å². The summed E-state index contributed by atoms with van der Waals surface area (Å²) in [5, 5.41) is -0.160. The SMILES string of the molecule is Cc1cnc(S(=O)(=O)Cc2ccccc2OC(C)C)nc1. The van der Waals surface area contributed by atoms with Crippen LogP contribution in [0.1, 0.15) is 25.0 Å². The lowest BCUT2D eigenvalue weighted by atomic mass is 10.2. The predicted octanol–water partition coefficient (Wildman–Crippen LogP) is 2.55. The number of sulfone groups is 1. The number of aromatic nitrogens is 2. The van der Waals surface area contributed by atoms with Crippen LogP contribution in [-0.4, -0.2) is 24.5 Å². The highest BCUT2D eigenvalue weighted by atomic mass is 32.2. The first kappa shape index (κ1) is 15.4. The molecule has 112 valence electrons. The maximum Gasteiger partial charge on any atom is 0.247 e. The molecule has 2 aromatic rings. The van der Waals surface area contributed by atoms with Crippen LogP contribution >= 0.6 is 0 Å². The van der Waals surface area contributed by atoms with Gasteiger partial charge in [0.05, 0.1) is 11.9 Å². The molecular weight excluding hydrogens is 288 g/mol. The zero-order valence-electron chi connectivity index (χ0n) is 12.3. The molecule has 0 N–H and O–H groups in total. The van der Waals surface area contributed by atoms with Gasteiger partial charge in [0.25, 0.3) is 0 Å². The van der Waals surface area contributed by atoms with Gasteiger partial charge in [0.2, 0.25) is 15.0 Å². The van der Waals surface area contributed by atoms with E-state index in [0.717, 1.165) is 5.56 Å². The van der Waals surface area contributed by atoms with Crippen molar-refractivity contribution in [1.82, 2.24) is 9.97 Å². The van der Waals surface area contributed by atoms with Crippen LogP contribution in [0.2, 0.25) is 0 Å². The molecular formula is C15H18N2O3S. The van der Waals surface area contributed by atoms with Crippen molar-refractivity contribution in [3.63, 3.8) is 0 Å². The number of nitrogens with zero attached hydrogens (tertiary/aromatic N) is 2. The molecule has 0 aliphatic rings. The van der Waals surface area contributed by atoms with Crippen molar-refractivity contribution in [2.45, 2.75) is 37.8 Å². The van der Waals surface area contributed by atoms with Gasteiger partial charge in [0.1, 0.15) is 5.75 Å². The maximum atomic E-state index is 12.4. The molecule has 1 heterocycles. The quantitative estimate of drug-likeness (QED) is 0.794. The Morgan fingerprint density at radius 1 is 1.14 bits per heavy atom. The lowest BCUT2D eigenvalue weighted by Gasteiger charge is -2.14. The fourth-order valence-corrected chi connectivity index (χ4v) is 3.01. The maximum absolute atomic E-state index is 12.4. The number of aryl methyl sites for hydroxylation is 1. The minimum absolute atomic E-state index is 0.0236. The van der Waals surface area contributed by atoms with Crippen LogP contribution in [0.25, 0.3) is 0 Å². The Kier molecular flexibility index (Phi) is 4.57. The predicted molar refractivity (Wildman–Crippen MR) is 79.9 cm³/mol. The average molecular weight is 306 g/mol. The van der Waals surface area contributed by atoms with Crippen molar-refractivity contribution in [2.24, 2.45) is 0 Å². The van der Waals surface area contributed by atoms with Crippen LogP contribution in [0.5, 0.6) is 5.75 Å². The first-order valence-corrected chi connectivity index (χ1v) is 8.29. The molecule has 0 spiro atoms. The molecule has 6 heteroatoms. The van der Waals surface area contributed by atoms with E-state index in [1.54, 1.807) is 18.2 Å². The van der Waals surface area contributed by atoms with Gasteiger partial charge in [-0.25, -0.2) is 18.4 Å². The summed E-state index contributed by atoms with van der Waals surface area (Å²) in [6, 6.07) is 7.11. The molecule has 5 nitrogen and oxygen atoms in total. The molecule has 0 amide bonds. The van der Waals surface area contributed by atoms with Crippen LogP contribution in [-0.2, 0) is 15.6 Å². The molecule has 2 rings (SSSR count). The Morgan fingerprint density at radius 2 is 1.76 bits per heavy atom. The van der Waals surface area contributed by atoms with Crippen LogP contribution in [0.3, 0.4) is 0 Å². The van der Waals surface area contributed by atoms with Gasteiger partial charge in [-0.05, 0) is 32.4 Å². The average Bonchev–Trinajstić information content (AvgIpc) is 2.40. The van der Waals surface area contributed by atoms with E-state index in [1.165, 1.54) is 12.4 Å². The van der Waals surface area contributed by atoms with Gasteiger partial charge < -0.3 is 4.74 Å². The zero-order valence-corrected chi connectivity index (χ0v) is 13.1. The minimum Gasteiger partial charge on any atom is -0.491 e. The summed E-state index contributed by atoms with van der Waals surface area (Å²) in [5.74, 6) is 0.391. The van der Waals surface area contributed by atoms with Crippen molar-refractivity contribution in [3.8, 4) is 5.75 Å². The summed E-state index contributed by atoms with van der Waals surface area (Å²) in [4.78, 5) is 7.79. The third kappa shape index (κ3) is 4.01. The smallest absolute Gasteiger partial charge is 0.247 e. The van der Waals surface area contributed by atoms with Crippen molar-refractivity contribution in [2.75, 3.05) is 0 Å². The first-order valence-electron chi connectivity index (χ1n) is 6.64. The third-order valence-electron chi connectivity index (χ3n) is 2.72. The van der Waals surface area contributed by atoms with Gasteiger partial charge in [0.15, 0.2) is 0 Å². The van der Waals surface area contributed by atoms with Crippen molar-refractivity contribution in [3.05, 3.63) is 47.8 Å². The molecule has 0 aliphatic heterocycles. The molecule has 0 atom stereocenters. The Balaban J connectivity index is 2.30. The minimum atomic E-state index is -3.59. The highest BCUT2D eigenvalue weighted by Crippen LogP contribution is 2.23. The molecule has 0 unspecified atom stereocenters. The van der Waals surface area contributed by atoms with Gasteiger partial charge in [0, 0.05) is 18.0 Å². The molecule has 21 heavy (non-hydrogen) atoms. The van der Waals surface area contributed by atoms with E-state index in [2.05, 4.69) is 9.97 Å². The van der Waals surface area contributed by atoms with E-state index in [-0.39, 0.29) is 17.0 Å². The van der Waals surface area contributed by atoms with Crippen molar-refractivity contribution in [1.29, 1.82) is 0 Å². The van der Waals surface area contributed by atoms with Crippen molar-refractivity contribution < 1.29 is 13.2 Å². The Labute approximate surface area is 124 Å². The normalized spacial score (nSPS) is 11.6. The standard InChI is InChI=1S/C15H18N2O3S/c1-11(2)20-14-7-5-4-6-13(14)10-21(18,19)15-16-8-12(3)9-17-15/h4-9,11H,10H2,1-3H3. The number of rotatable bonds is 5. The Bertz CT molecular complexity index is 710. The van der Waals surface area contributed by atoms with Gasteiger partial charge in [-0.15, -0.1) is 0 Å². The topological polar surface area (TPSA) is 69.2 Å². The summed E-state index contributed by atoms with van der Waals surface area (Å²) >= 11 is 0. The highest BCUT2D eigenvalue weighted by Gasteiger charge is 2.20. The van der Waals surface area contributed by atoms with Gasteiger partial charge in [-0.3, -0.25) is 0 Å². The molecule has 0 aliphatic carbocycles. The van der Waals surface area contributed by atoms with E-state index < -0.39 is 9.84 Å². The van der Waals surface area contributed by atoms with Crippen LogP contribution in [0.15, 0.2) is 41.8 Å². The van der Waals surface area contributed by atoms with E-state index in [1.807, 2.05) is 26.8 Å². The number of para-hydroxylation sites is 1. The number of benzene rings is 1. The number of hydrogen-bond donors (Lipinski definition) is 0. The summed E-state index contributed by atoms with van der Waals surface area (Å²) in [6.45, 7) is 5.60.